The molecule has 1 fully saturated rings. The standard InChI is InChI=1S/C14H20N2O/c1-10(2)11-4-6-12(7-5-11)14(3)13(17)15-8-9-16-14/h4-7,10,16H,8-9H2,1-3H3,(H,15,17). The minimum atomic E-state index is -0.590. The topological polar surface area (TPSA) is 41.1 Å². The summed E-state index contributed by atoms with van der Waals surface area (Å²) < 4.78 is 0. The van der Waals surface area contributed by atoms with Gasteiger partial charge in [-0.15, -0.1) is 0 Å². The molecule has 0 aromatic heterocycles. The second-order valence-electron chi connectivity index (χ2n) is 5.08. The van der Waals surface area contributed by atoms with Crippen LogP contribution in [0.2, 0.25) is 0 Å². The highest BCUT2D eigenvalue weighted by molar-refractivity contribution is 5.88. The van der Waals surface area contributed by atoms with Crippen LogP contribution in [-0.2, 0) is 10.3 Å². The van der Waals surface area contributed by atoms with E-state index in [1.807, 2.05) is 19.1 Å². The number of amides is 1. The molecule has 0 aliphatic carbocycles. The molecule has 0 spiro atoms. The monoisotopic (exact) mass is 232 g/mol. The molecule has 0 radical (unpaired) electrons. The van der Waals surface area contributed by atoms with Gasteiger partial charge >= 0.3 is 0 Å². The van der Waals surface area contributed by atoms with Gasteiger partial charge in [0.1, 0.15) is 5.54 Å². The number of carbonyl (C=O) groups excluding carboxylic acids is 1. The zero-order chi connectivity index (χ0) is 12.5. The molecule has 0 saturated carbocycles. The van der Waals surface area contributed by atoms with Gasteiger partial charge in [-0.2, -0.15) is 0 Å². The Morgan fingerprint density at radius 1 is 1.18 bits per heavy atom. The molecule has 1 saturated heterocycles. The van der Waals surface area contributed by atoms with Crippen molar-refractivity contribution in [3.05, 3.63) is 35.4 Å². The summed E-state index contributed by atoms with van der Waals surface area (Å²) >= 11 is 0. The fourth-order valence-electron chi connectivity index (χ4n) is 2.18. The molecule has 3 heteroatoms. The first-order valence-electron chi connectivity index (χ1n) is 6.18. The van der Waals surface area contributed by atoms with Gasteiger partial charge < -0.3 is 5.32 Å². The maximum Gasteiger partial charge on any atom is 0.244 e. The van der Waals surface area contributed by atoms with Crippen molar-refractivity contribution in [2.75, 3.05) is 13.1 Å². The van der Waals surface area contributed by atoms with Crippen LogP contribution in [0.4, 0.5) is 0 Å². The Kier molecular flexibility index (Phi) is 3.20. The summed E-state index contributed by atoms with van der Waals surface area (Å²) in [5.74, 6) is 0.575. The third kappa shape index (κ3) is 2.20. The first-order chi connectivity index (χ1) is 8.04. The zero-order valence-corrected chi connectivity index (χ0v) is 10.7. The van der Waals surface area contributed by atoms with Crippen molar-refractivity contribution in [2.45, 2.75) is 32.2 Å². The fourth-order valence-corrected chi connectivity index (χ4v) is 2.18. The molecule has 17 heavy (non-hydrogen) atoms. The second kappa shape index (κ2) is 4.49. The Balaban J connectivity index is 2.29. The number of hydrogen-bond acceptors (Lipinski definition) is 2. The molecule has 3 nitrogen and oxygen atoms in total. The van der Waals surface area contributed by atoms with Gasteiger partial charge in [0.2, 0.25) is 5.91 Å². The Bertz CT molecular complexity index is 411. The summed E-state index contributed by atoms with van der Waals surface area (Å²) in [6.07, 6.45) is 0. The molecule has 1 aromatic carbocycles. The lowest BCUT2D eigenvalue weighted by Gasteiger charge is -2.34. The van der Waals surface area contributed by atoms with Gasteiger partial charge in [-0.3, -0.25) is 10.1 Å². The van der Waals surface area contributed by atoms with E-state index in [1.165, 1.54) is 5.56 Å². The van der Waals surface area contributed by atoms with Gasteiger partial charge in [-0.1, -0.05) is 38.1 Å². The molecule has 1 aliphatic heterocycles. The molecule has 1 atom stereocenters. The molecule has 0 bridgehead atoms. The molecule has 92 valence electrons. The Morgan fingerprint density at radius 2 is 1.82 bits per heavy atom. The normalized spacial score (nSPS) is 24.8. The van der Waals surface area contributed by atoms with E-state index in [0.29, 0.717) is 12.5 Å². The van der Waals surface area contributed by atoms with Crippen LogP contribution in [0.25, 0.3) is 0 Å². The molecular formula is C14H20N2O. The first-order valence-corrected chi connectivity index (χ1v) is 6.18. The second-order valence-corrected chi connectivity index (χ2v) is 5.08. The molecule has 1 unspecified atom stereocenters. The number of benzene rings is 1. The number of hydrogen-bond donors (Lipinski definition) is 2. The highest BCUT2D eigenvalue weighted by Gasteiger charge is 2.36. The predicted octanol–water partition coefficient (Wildman–Crippen LogP) is 1.74. The molecule has 1 aromatic rings. The lowest BCUT2D eigenvalue weighted by molar-refractivity contribution is -0.128. The Morgan fingerprint density at radius 3 is 2.35 bits per heavy atom. The fraction of sp³-hybridized carbons (Fsp3) is 0.500. The quantitative estimate of drug-likeness (QED) is 0.815. The van der Waals surface area contributed by atoms with E-state index in [-0.39, 0.29) is 5.91 Å². The third-order valence-corrected chi connectivity index (χ3v) is 3.50. The minimum absolute atomic E-state index is 0.0565. The van der Waals surface area contributed by atoms with Gasteiger partial charge in [0.25, 0.3) is 0 Å². The van der Waals surface area contributed by atoms with Gasteiger partial charge in [0.05, 0.1) is 0 Å². The van der Waals surface area contributed by atoms with Crippen molar-refractivity contribution in [2.24, 2.45) is 0 Å². The van der Waals surface area contributed by atoms with Gasteiger partial charge in [0.15, 0.2) is 0 Å². The van der Waals surface area contributed by atoms with Crippen LogP contribution in [0.5, 0.6) is 0 Å². The van der Waals surface area contributed by atoms with Crippen molar-refractivity contribution in [3.8, 4) is 0 Å². The molecule has 2 N–H and O–H groups in total. The highest BCUT2D eigenvalue weighted by Crippen LogP contribution is 2.24. The Labute approximate surface area is 103 Å². The lowest BCUT2D eigenvalue weighted by atomic mass is 9.88. The number of piperazine rings is 1. The summed E-state index contributed by atoms with van der Waals surface area (Å²) in [6, 6.07) is 8.31. The smallest absolute Gasteiger partial charge is 0.244 e. The SMILES string of the molecule is CC(C)c1ccc(C2(C)NCCNC2=O)cc1. The van der Waals surface area contributed by atoms with E-state index in [1.54, 1.807) is 0 Å². The number of nitrogens with one attached hydrogen (secondary N) is 2. The molecule has 2 rings (SSSR count). The zero-order valence-electron chi connectivity index (χ0n) is 10.7. The first kappa shape index (κ1) is 12.1. The molecule has 1 amide bonds. The minimum Gasteiger partial charge on any atom is -0.353 e. The summed E-state index contributed by atoms with van der Waals surface area (Å²) in [6.45, 7) is 7.79. The summed E-state index contributed by atoms with van der Waals surface area (Å²) in [4.78, 5) is 12.0. The van der Waals surface area contributed by atoms with Gasteiger partial charge in [-0.05, 0) is 24.0 Å². The van der Waals surface area contributed by atoms with Crippen LogP contribution in [-0.4, -0.2) is 19.0 Å². The van der Waals surface area contributed by atoms with Gasteiger partial charge in [-0.25, -0.2) is 0 Å². The predicted molar refractivity (Wildman–Crippen MR) is 68.9 cm³/mol. The van der Waals surface area contributed by atoms with Crippen LogP contribution < -0.4 is 10.6 Å². The van der Waals surface area contributed by atoms with E-state index in [2.05, 4.69) is 36.6 Å². The highest BCUT2D eigenvalue weighted by atomic mass is 16.2. The van der Waals surface area contributed by atoms with Crippen LogP contribution in [0.15, 0.2) is 24.3 Å². The third-order valence-electron chi connectivity index (χ3n) is 3.50. The molecule has 1 heterocycles. The number of rotatable bonds is 2. The summed E-state index contributed by atoms with van der Waals surface area (Å²) in [5.41, 5.74) is 1.74. The van der Waals surface area contributed by atoms with E-state index >= 15 is 0 Å². The Hall–Kier alpha value is -1.35. The van der Waals surface area contributed by atoms with E-state index in [0.717, 1.165) is 12.1 Å². The van der Waals surface area contributed by atoms with E-state index in [4.69, 9.17) is 0 Å². The van der Waals surface area contributed by atoms with Crippen LogP contribution in [0.3, 0.4) is 0 Å². The van der Waals surface area contributed by atoms with Crippen LogP contribution >= 0.6 is 0 Å². The largest absolute Gasteiger partial charge is 0.353 e. The van der Waals surface area contributed by atoms with Crippen molar-refractivity contribution >= 4 is 5.91 Å². The van der Waals surface area contributed by atoms with Crippen LogP contribution in [0.1, 0.15) is 37.8 Å². The molecular weight excluding hydrogens is 212 g/mol. The van der Waals surface area contributed by atoms with Crippen LogP contribution in [0, 0.1) is 0 Å². The average molecular weight is 232 g/mol. The van der Waals surface area contributed by atoms with Gasteiger partial charge in [0, 0.05) is 13.1 Å². The maximum absolute atomic E-state index is 12.0. The summed E-state index contributed by atoms with van der Waals surface area (Å²) in [5, 5.41) is 6.21. The number of carbonyl (C=O) groups is 1. The van der Waals surface area contributed by atoms with Crippen molar-refractivity contribution in [1.29, 1.82) is 0 Å². The lowest BCUT2D eigenvalue weighted by Crippen LogP contribution is -2.59. The maximum atomic E-state index is 12.0. The van der Waals surface area contributed by atoms with E-state index < -0.39 is 5.54 Å². The van der Waals surface area contributed by atoms with Crippen molar-refractivity contribution < 1.29 is 4.79 Å². The van der Waals surface area contributed by atoms with E-state index in [9.17, 15) is 4.79 Å². The van der Waals surface area contributed by atoms with Crippen molar-refractivity contribution in [1.82, 2.24) is 10.6 Å². The summed E-state index contributed by atoms with van der Waals surface area (Å²) in [7, 11) is 0. The molecule has 1 aliphatic rings. The average Bonchev–Trinajstić information content (AvgIpc) is 2.33. The van der Waals surface area contributed by atoms with Crippen molar-refractivity contribution in [3.63, 3.8) is 0 Å².